The minimum Gasteiger partial charge on any atom is -0.488 e. The molecule has 0 aliphatic heterocycles. The minimum atomic E-state index is -0.357. The summed E-state index contributed by atoms with van der Waals surface area (Å²) in [4.78, 5) is 16.1. The lowest BCUT2D eigenvalue weighted by Crippen LogP contribution is -2.04. The Labute approximate surface area is 111 Å². The van der Waals surface area contributed by atoms with E-state index in [4.69, 9.17) is 9.47 Å². The normalized spacial score (nSPS) is 14.4. The van der Waals surface area contributed by atoms with Crippen molar-refractivity contribution in [1.82, 2.24) is 4.98 Å². The zero-order valence-electron chi connectivity index (χ0n) is 11.0. The van der Waals surface area contributed by atoms with Crippen LogP contribution >= 0.6 is 0 Å². The number of methoxy groups -OCH3 is 1. The molecule has 0 radical (unpaired) electrons. The van der Waals surface area contributed by atoms with Gasteiger partial charge in [0.25, 0.3) is 0 Å². The molecule has 0 amide bonds. The zero-order valence-corrected chi connectivity index (χ0v) is 11.0. The van der Waals surface area contributed by atoms with Crippen molar-refractivity contribution in [2.24, 2.45) is 0 Å². The molecule has 0 bridgehead atoms. The summed E-state index contributed by atoms with van der Waals surface area (Å²) in [5.74, 6) is 0.310. The smallest absolute Gasteiger partial charge is 0.338 e. The molecule has 1 aliphatic rings. The summed E-state index contributed by atoms with van der Waals surface area (Å²) in [6, 6.07) is 5.50. The number of fused-ring (bicyclic) bond motifs is 1. The van der Waals surface area contributed by atoms with Crippen molar-refractivity contribution >= 4 is 16.9 Å². The molecule has 0 N–H and O–H groups in total. The fraction of sp³-hybridized carbons (Fsp3) is 0.333. The van der Waals surface area contributed by atoms with Gasteiger partial charge in [-0.3, -0.25) is 4.98 Å². The Morgan fingerprint density at radius 2 is 2.11 bits per heavy atom. The first-order valence-corrected chi connectivity index (χ1v) is 6.33. The molecule has 1 fully saturated rings. The molecule has 1 saturated carbocycles. The number of nitrogens with zero attached hydrogens (tertiary/aromatic N) is 1. The van der Waals surface area contributed by atoms with Crippen LogP contribution in [0.3, 0.4) is 0 Å². The van der Waals surface area contributed by atoms with E-state index in [0.717, 1.165) is 29.3 Å². The number of carbonyl (C=O) groups is 1. The number of hydrogen-bond acceptors (Lipinski definition) is 4. The van der Waals surface area contributed by atoms with Crippen LogP contribution in [0.1, 0.15) is 28.8 Å². The van der Waals surface area contributed by atoms with Crippen LogP contribution in [0.15, 0.2) is 24.4 Å². The molecule has 4 heteroatoms. The Balaban J connectivity index is 2.15. The topological polar surface area (TPSA) is 48.4 Å². The number of rotatable bonds is 3. The Morgan fingerprint density at radius 3 is 2.79 bits per heavy atom. The van der Waals surface area contributed by atoms with Gasteiger partial charge in [0.05, 0.1) is 18.8 Å². The van der Waals surface area contributed by atoms with E-state index in [-0.39, 0.29) is 12.1 Å². The Hall–Kier alpha value is -2.10. The van der Waals surface area contributed by atoms with E-state index in [1.54, 1.807) is 18.3 Å². The fourth-order valence-corrected chi connectivity index (χ4v) is 2.02. The van der Waals surface area contributed by atoms with Gasteiger partial charge in [-0.15, -0.1) is 0 Å². The third-order valence-corrected chi connectivity index (χ3v) is 3.12. The molecule has 0 spiro atoms. The van der Waals surface area contributed by atoms with Crippen molar-refractivity contribution in [3.8, 4) is 5.75 Å². The van der Waals surface area contributed by atoms with Gasteiger partial charge in [0.2, 0.25) is 0 Å². The quantitative estimate of drug-likeness (QED) is 0.793. The highest BCUT2D eigenvalue weighted by molar-refractivity contribution is 5.97. The lowest BCUT2D eigenvalue weighted by atomic mass is 10.1. The molecule has 1 aromatic heterocycles. The van der Waals surface area contributed by atoms with Crippen molar-refractivity contribution < 1.29 is 14.3 Å². The second kappa shape index (κ2) is 4.53. The number of hydrogen-bond donors (Lipinski definition) is 0. The minimum absolute atomic E-state index is 0.263. The molecule has 2 aromatic rings. The first kappa shape index (κ1) is 12.0. The van der Waals surface area contributed by atoms with Gasteiger partial charge in [0.15, 0.2) is 0 Å². The summed E-state index contributed by atoms with van der Waals surface area (Å²) in [6.45, 7) is 1.97. The van der Waals surface area contributed by atoms with Gasteiger partial charge < -0.3 is 9.47 Å². The number of aromatic nitrogens is 1. The first-order chi connectivity index (χ1) is 9.17. The van der Waals surface area contributed by atoms with E-state index >= 15 is 0 Å². The predicted molar refractivity (Wildman–Crippen MR) is 71.5 cm³/mol. The van der Waals surface area contributed by atoms with E-state index in [1.165, 1.54) is 7.11 Å². The Morgan fingerprint density at radius 1 is 1.32 bits per heavy atom. The second-order valence-electron chi connectivity index (χ2n) is 4.87. The lowest BCUT2D eigenvalue weighted by molar-refractivity contribution is 0.0600. The third kappa shape index (κ3) is 2.38. The Bertz CT molecular complexity index is 647. The molecule has 3 rings (SSSR count). The third-order valence-electron chi connectivity index (χ3n) is 3.12. The highest BCUT2D eigenvalue weighted by Gasteiger charge is 2.25. The summed E-state index contributed by atoms with van der Waals surface area (Å²) in [5.41, 5.74) is 2.34. The van der Waals surface area contributed by atoms with E-state index in [9.17, 15) is 4.79 Å². The summed E-state index contributed by atoms with van der Waals surface area (Å²) in [7, 11) is 1.38. The first-order valence-electron chi connectivity index (χ1n) is 6.33. The number of esters is 1. The van der Waals surface area contributed by atoms with Crippen molar-refractivity contribution in [2.75, 3.05) is 7.11 Å². The van der Waals surface area contributed by atoms with Gasteiger partial charge in [0.1, 0.15) is 11.3 Å². The van der Waals surface area contributed by atoms with Gasteiger partial charge in [-0.1, -0.05) is 0 Å². The standard InChI is InChI=1S/C15H15NO3/c1-9-5-10-6-11(15(17)18-2)7-13(14(10)16-8-9)19-12-3-4-12/h5-8,12H,3-4H2,1-2H3. The molecule has 98 valence electrons. The molecular weight excluding hydrogens is 242 g/mol. The summed E-state index contributed by atoms with van der Waals surface area (Å²) >= 11 is 0. The summed E-state index contributed by atoms with van der Waals surface area (Å²) in [6.07, 6.45) is 4.20. The van der Waals surface area contributed by atoms with Crippen LogP contribution in [0, 0.1) is 6.92 Å². The van der Waals surface area contributed by atoms with Crippen molar-refractivity contribution in [3.05, 3.63) is 35.5 Å². The number of aryl methyl sites for hydroxylation is 1. The molecule has 1 heterocycles. The maximum atomic E-state index is 11.7. The molecule has 4 nitrogen and oxygen atoms in total. The van der Waals surface area contributed by atoms with E-state index in [0.29, 0.717) is 11.3 Å². The number of ether oxygens (including phenoxy) is 2. The number of pyridine rings is 1. The average Bonchev–Trinajstić information content (AvgIpc) is 3.21. The van der Waals surface area contributed by atoms with Crippen LogP contribution < -0.4 is 4.74 Å². The molecule has 1 aromatic carbocycles. The van der Waals surface area contributed by atoms with Crippen LogP contribution in [-0.4, -0.2) is 24.2 Å². The van der Waals surface area contributed by atoms with Crippen LogP contribution in [0.4, 0.5) is 0 Å². The van der Waals surface area contributed by atoms with Crippen molar-refractivity contribution in [3.63, 3.8) is 0 Å². The van der Waals surface area contributed by atoms with Gasteiger partial charge in [0, 0.05) is 11.6 Å². The van der Waals surface area contributed by atoms with Gasteiger partial charge >= 0.3 is 5.97 Å². The average molecular weight is 257 g/mol. The highest BCUT2D eigenvalue weighted by Crippen LogP contribution is 2.32. The van der Waals surface area contributed by atoms with E-state index < -0.39 is 0 Å². The van der Waals surface area contributed by atoms with Crippen LogP contribution in [0.25, 0.3) is 10.9 Å². The highest BCUT2D eigenvalue weighted by atomic mass is 16.5. The zero-order chi connectivity index (χ0) is 13.4. The molecular formula is C15H15NO3. The SMILES string of the molecule is COC(=O)c1cc(OC2CC2)c2ncc(C)cc2c1. The Kier molecular flexibility index (Phi) is 2.85. The fourth-order valence-electron chi connectivity index (χ4n) is 2.02. The van der Waals surface area contributed by atoms with E-state index in [1.807, 2.05) is 13.0 Å². The molecule has 0 saturated heterocycles. The largest absolute Gasteiger partial charge is 0.488 e. The number of benzene rings is 1. The maximum absolute atomic E-state index is 11.7. The van der Waals surface area contributed by atoms with Crippen molar-refractivity contribution in [1.29, 1.82) is 0 Å². The second-order valence-corrected chi connectivity index (χ2v) is 4.87. The monoisotopic (exact) mass is 257 g/mol. The van der Waals surface area contributed by atoms with Crippen LogP contribution in [-0.2, 0) is 4.74 Å². The van der Waals surface area contributed by atoms with Crippen molar-refractivity contribution in [2.45, 2.75) is 25.9 Å². The van der Waals surface area contributed by atoms with Gasteiger partial charge in [-0.05, 0) is 43.5 Å². The molecule has 0 atom stereocenters. The lowest BCUT2D eigenvalue weighted by Gasteiger charge is -2.10. The maximum Gasteiger partial charge on any atom is 0.338 e. The van der Waals surface area contributed by atoms with Crippen LogP contribution in [0.5, 0.6) is 5.75 Å². The summed E-state index contributed by atoms with van der Waals surface area (Å²) in [5, 5.41) is 0.901. The molecule has 0 unspecified atom stereocenters. The predicted octanol–water partition coefficient (Wildman–Crippen LogP) is 2.87. The van der Waals surface area contributed by atoms with Gasteiger partial charge in [-0.25, -0.2) is 4.79 Å². The molecule has 1 aliphatic carbocycles. The van der Waals surface area contributed by atoms with E-state index in [2.05, 4.69) is 4.98 Å². The van der Waals surface area contributed by atoms with Gasteiger partial charge in [-0.2, -0.15) is 0 Å². The molecule has 19 heavy (non-hydrogen) atoms. The van der Waals surface area contributed by atoms with Crippen LogP contribution in [0.2, 0.25) is 0 Å². The summed E-state index contributed by atoms with van der Waals surface area (Å²) < 4.78 is 10.6. The number of carbonyl (C=O) groups excluding carboxylic acids is 1.